The Balaban J connectivity index is 2.01. The molecule has 1 aliphatic rings. The first-order chi connectivity index (χ1) is 8.19. The van der Waals surface area contributed by atoms with Crippen molar-refractivity contribution in [2.75, 3.05) is 11.9 Å². The molecular weight excluding hydrogens is 210 g/mol. The summed E-state index contributed by atoms with van der Waals surface area (Å²) in [7, 11) is 0. The van der Waals surface area contributed by atoms with Gasteiger partial charge in [-0.25, -0.2) is 0 Å². The highest BCUT2D eigenvalue weighted by atomic mass is 16.5. The third-order valence-corrected chi connectivity index (χ3v) is 3.22. The highest BCUT2D eigenvalue weighted by Gasteiger charge is 2.23. The molecule has 2 nitrogen and oxygen atoms in total. The topological polar surface area (TPSA) is 21.3 Å². The molecule has 1 aromatic rings. The highest BCUT2D eigenvalue weighted by Crippen LogP contribution is 2.35. The molecule has 1 N–H and O–H groups in total. The lowest BCUT2D eigenvalue weighted by Gasteiger charge is -2.18. The van der Waals surface area contributed by atoms with E-state index in [9.17, 15) is 0 Å². The third-order valence-electron chi connectivity index (χ3n) is 3.22. The molecular formula is C15H23NO. The van der Waals surface area contributed by atoms with Crippen LogP contribution >= 0.6 is 0 Å². The predicted octanol–water partition coefficient (Wildman–Crippen LogP) is 3.99. The number of aryl methyl sites for hydroxylation is 1. The quantitative estimate of drug-likeness (QED) is 0.802. The van der Waals surface area contributed by atoms with Crippen molar-refractivity contribution in [1.29, 1.82) is 0 Å². The number of hydrogen-bond donors (Lipinski definition) is 1. The Morgan fingerprint density at radius 3 is 2.82 bits per heavy atom. The van der Waals surface area contributed by atoms with E-state index in [1.807, 2.05) is 6.92 Å². The van der Waals surface area contributed by atoms with Crippen LogP contribution in [0.15, 0.2) is 18.2 Å². The molecule has 0 spiro atoms. The second-order valence-corrected chi connectivity index (χ2v) is 5.16. The van der Waals surface area contributed by atoms with Gasteiger partial charge in [0.05, 0.1) is 12.3 Å². The molecule has 1 unspecified atom stereocenters. The molecule has 0 radical (unpaired) electrons. The van der Waals surface area contributed by atoms with Crippen LogP contribution < -0.4 is 10.1 Å². The minimum atomic E-state index is 0.532. The number of rotatable bonds is 6. The molecule has 94 valence electrons. The molecule has 1 aromatic carbocycles. The Morgan fingerprint density at radius 2 is 2.18 bits per heavy atom. The molecule has 1 saturated carbocycles. The highest BCUT2D eigenvalue weighted by molar-refractivity contribution is 5.58. The van der Waals surface area contributed by atoms with Crippen LogP contribution in [0.3, 0.4) is 0 Å². The maximum Gasteiger partial charge on any atom is 0.142 e. The number of hydrogen-bond acceptors (Lipinski definition) is 2. The van der Waals surface area contributed by atoms with Gasteiger partial charge in [0.25, 0.3) is 0 Å². The van der Waals surface area contributed by atoms with Crippen LogP contribution in [0, 0.1) is 12.8 Å². The molecule has 0 bridgehead atoms. The molecule has 1 aliphatic carbocycles. The van der Waals surface area contributed by atoms with E-state index in [1.165, 1.54) is 24.8 Å². The van der Waals surface area contributed by atoms with Crippen molar-refractivity contribution in [1.82, 2.24) is 0 Å². The second-order valence-electron chi connectivity index (χ2n) is 5.16. The van der Waals surface area contributed by atoms with E-state index in [-0.39, 0.29) is 0 Å². The molecule has 1 fully saturated rings. The van der Waals surface area contributed by atoms with E-state index >= 15 is 0 Å². The predicted molar refractivity (Wildman–Crippen MR) is 72.8 cm³/mol. The SMILES string of the molecule is CCOc1cc(C)ccc1NC(C)CC1CC1. The minimum Gasteiger partial charge on any atom is -0.492 e. The molecule has 0 aliphatic heterocycles. The first-order valence-corrected chi connectivity index (χ1v) is 6.69. The van der Waals surface area contributed by atoms with E-state index in [0.717, 1.165) is 24.0 Å². The summed E-state index contributed by atoms with van der Waals surface area (Å²) in [6.45, 7) is 7.10. The summed E-state index contributed by atoms with van der Waals surface area (Å²) in [5.74, 6) is 1.94. The summed E-state index contributed by atoms with van der Waals surface area (Å²) in [6, 6.07) is 6.90. The van der Waals surface area contributed by atoms with Gasteiger partial charge in [0.2, 0.25) is 0 Å². The smallest absolute Gasteiger partial charge is 0.142 e. The number of nitrogens with one attached hydrogen (secondary N) is 1. The third kappa shape index (κ3) is 3.65. The fourth-order valence-electron chi connectivity index (χ4n) is 2.20. The van der Waals surface area contributed by atoms with Crippen molar-refractivity contribution in [2.45, 2.75) is 46.1 Å². The van der Waals surface area contributed by atoms with Gasteiger partial charge >= 0.3 is 0 Å². The largest absolute Gasteiger partial charge is 0.492 e. The minimum absolute atomic E-state index is 0.532. The zero-order valence-corrected chi connectivity index (χ0v) is 11.1. The van der Waals surface area contributed by atoms with Crippen molar-refractivity contribution in [2.24, 2.45) is 5.92 Å². The lowest BCUT2D eigenvalue weighted by Crippen LogP contribution is -2.16. The Kier molecular flexibility index (Phi) is 3.93. The van der Waals surface area contributed by atoms with E-state index in [0.29, 0.717) is 6.04 Å². The van der Waals surface area contributed by atoms with Crippen LogP contribution in [-0.4, -0.2) is 12.6 Å². The summed E-state index contributed by atoms with van der Waals surface area (Å²) in [4.78, 5) is 0. The monoisotopic (exact) mass is 233 g/mol. The van der Waals surface area contributed by atoms with Crippen molar-refractivity contribution in [3.63, 3.8) is 0 Å². The van der Waals surface area contributed by atoms with Crippen molar-refractivity contribution in [3.8, 4) is 5.75 Å². The Labute approximate surface area is 104 Å². The van der Waals surface area contributed by atoms with Gasteiger partial charge < -0.3 is 10.1 Å². The van der Waals surface area contributed by atoms with Crippen LogP contribution in [0.25, 0.3) is 0 Å². The standard InChI is InChI=1S/C15H23NO/c1-4-17-15-9-11(2)5-8-14(15)16-12(3)10-13-6-7-13/h5,8-9,12-13,16H,4,6-7,10H2,1-3H3. The van der Waals surface area contributed by atoms with E-state index in [1.54, 1.807) is 0 Å². The zero-order valence-electron chi connectivity index (χ0n) is 11.1. The molecule has 0 saturated heterocycles. The van der Waals surface area contributed by atoms with Gasteiger partial charge in [-0.3, -0.25) is 0 Å². The van der Waals surface area contributed by atoms with Crippen molar-refractivity contribution < 1.29 is 4.74 Å². The molecule has 0 amide bonds. The Hall–Kier alpha value is -1.18. The molecule has 1 atom stereocenters. The summed E-state index contributed by atoms with van der Waals surface area (Å²) >= 11 is 0. The van der Waals surface area contributed by atoms with Gasteiger partial charge in [-0.15, -0.1) is 0 Å². The molecule has 17 heavy (non-hydrogen) atoms. The summed E-state index contributed by atoms with van der Waals surface area (Å²) in [6.07, 6.45) is 4.11. The first kappa shape index (κ1) is 12.3. The van der Waals surface area contributed by atoms with Gasteiger partial charge in [0.1, 0.15) is 5.75 Å². The average molecular weight is 233 g/mol. The molecule has 0 aromatic heterocycles. The maximum atomic E-state index is 5.68. The maximum absolute atomic E-state index is 5.68. The van der Waals surface area contributed by atoms with Gasteiger partial charge in [0.15, 0.2) is 0 Å². The second kappa shape index (κ2) is 5.44. The van der Waals surface area contributed by atoms with Crippen LogP contribution in [0.2, 0.25) is 0 Å². The van der Waals surface area contributed by atoms with Crippen LogP contribution in [0.4, 0.5) is 5.69 Å². The van der Waals surface area contributed by atoms with Crippen LogP contribution in [0.5, 0.6) is 5.75 Å². The van der Waals surface area contributed by atoms with Crippen molar-refractivity contribution >= 4 is 5.69 Å². The molecule has 2 heteroatoms. The van der Waals surface area contributed by atoms with Crippen LogP contribution in [0.1, 0.15) is 38.7 Å². The van der Waals surface area contributed by atoms with Crippen molar-refractivity contribution in [3.05, 3.63) is 23.8 Å². The number of anilines is 1. The Morgan fingerprint density at radius 1 is 1.41 bits per heavy atom. The van der Waals surface area contributed by atoms with Gasteiger partial charge in [-0.05, 0) is 50.8 Å². The summed E-state index contributed by atoms with van der Waals surface area (Å²) < 4.78 is 5.68. The summed E-state index contributed by atoms with van der Waals surface area (Å²) in [5, 5.41) is 3.57. The zero-order chi connectivity index (χ0) is 12.3. The average Bonchev–Trinajstić information content (AvgIpc) is 3.06. The first-order valence-electron chi connectivity index (χ1n) is 6.69. The van der Waals surface area contributed by atoms with Gasteiger partial charge in [0, 0.05) is 6.04 Å². The van der Waals surface area contributed by atoms with E-state index < -0.39 is 0 Å². The molecule has 2 rings (SSSR count). The lowest BCUT2D eigenvalue weighted by molar-refractivity contribution is 0.341. The fourth-order valence-corrected chi connectivity index (χ4v) is 2.20. The fraction of sp³-hybridized carbons (Fsp3) is 0.600. The number of benzene rings is 1. The van der Waals surface area contributed by atoms with Gasteiger partial charge in [-0.2, -0.15) is 0 Å². The van der Waals surface area contributed by atoms with E-state index in [2.05, 4.69) is 37.4 Å². The number of ether oxygens (including phenoxy) is 1. The molecule has 0 heterocycles. The normalized spacial score (nSPS) is 16.6. The lowest BCUT2D eigenvalue weighted by atomic mass is 10.1. The Bertz CT molecular complexity index is 371. The van der Waals surface area contributed by atoms with E-state index in [4.69, 9.17) is 4.74 Å². The summed E-state index contributed by atoms with van der Waals surface area (Å²) in [5.41, 5.74) is 2.37. The van der Waals surface area contributed by atoms with Gasteiger partial charge in [-0.1, -0.05) is 18.9 Å². The van der Waals surface area contributed by atoms with Crippen LogP contribution in [-0.2, 0) is 0 Å².